The summed E-state index contributed by atoms with van der Waals surface area (Å²) in [5, 5.41) is 0. The van der Waals surface area contributed by atoms with Gasteiger partial charge >= 0.3 is 0 Å². The van der Waals surface area contributed by atoms with E-state index in [4.69, 9.17) is 4.74 Å². The highest BCUT2D eigenvalue weighted by Gasteiger charge is 2.17. The van der Waals surface area contributed by atoms with Crippen molar-refractivity contribution in [3.8, 4) is 0 Å². The first-order valence-corrected chi connectivity index (χ1v) is 6.87. The number of anilines is 1. The van der Waals surface area contributed by atoms with E-state index in [0.29, 0.717) is 5.92 Å². The molecule has 3 nitrogen and oxygen atoms in total. The molecular formula is C13H19BrN2O. The van der Waals surface area contributed by atoms with Crippen LogP contribution in [-0.2, 0) is 4.74 Å². The first kappa shape index (κ1) is 12.8. The lowest BCUT2D eigenvalue weighted by molar-refractivity contribution is 0.0576. The van der Waals surface area contributed by atoms with E-state index in [0.717, 1.165) is 30.0 Å². The summed E-state index contributed by atoms with van der Waals surface area (Å²) in [6.07, 6.45) is 4.31. The molecule has 1 atom stereocenters. The molecule has 0 saturated carbocycles. The largest absolute Gasteiger partial charge is 0.381 e. The minimum absolute atomic E-state index is 0.638. The van der Waals surface area contributed by atoms with Crippen molar-refractivity contribution in [3.63, 3.8) is 0 Å². The molecule has 1 unspecified atom stereocenters. The van der Waals surface area contributed by atoms with Crippen molar-refractivity contribution in [1.82, 2.24) is 4.98 Å². The minimum atomic E-state index is 0.638. The van der Waals surface area contributed by atoms with Crippen molar-refractivity contribution in [2.75, 3.05) is 31.7 Å². The number of aromatic nitrogens is 1. The van der Waals surface area contributed by atoms with E-state index in [1.165, 1.54) is 18.4 Å². The summed E-state index contributed by atoms with van der Waals surface area (Å²) in [5.74, 6) is 1.71. The van der Waals surface area contributed by atoms with Crippen LogP contribution in [0.1, 0.15) is 18.4 Å². The van der Waals surface area contributed by atoms with Crippen molar-refractivity contribution < 1.29 is 4.74 Å². The van der Waals surface area contributed by atoms with Crippen LogP contribution in [0.5, 0.6) is 0 Å². The molecule has 2 heterocycles. The van der Waals surface area contributed by atoms with Crippen molar-refractivity contribution in [2.24, 2.45) is 5.92 Å². The zero-order valence-electron chi connectivity index (χ0n) is 10.4. The van der Waals surface area contributed by atoms with Crippen LogP contribution < -0.4 is 4.90 Å². The number of nitrogens with zero attached hydrogens (tertiary/aromatic N) is 2. The number of halogens is 1. The van der Waals surface area contributed by atoms with Crippen molar-refractivity contribution >= 4 is 21.7 Å². The molecule has 1 aliphatic heterocycles. The summed E-state index contributed by atoms with van der Waals surface area (Å²) in [6, 6.07) is 2.11. The molecule has 17 heavy (non-hydrogen) atoms. The van der Waals surface area contributed by atoms with Gasteiger partial charge in [-0.3, -0.25) is 0 Å². The Balaban J connectivity index is 2.00. The zero-order chi connectivity index (χ0) is 12.3. The number of ether oxygens (including phenoxy) is 1. The Bertz CT molecular complexity index is 378. The molecule has 1 aromatic heterocycles. The normalized spacial score (nSPS) is 20.3. The maximum atomic E-state index is 5.51. The molecule has 0 aromatic carbocycles. The third-order valence-corrected chi connectivity index (χ3v) is 3.60. The lowest BCUT2D eigenvalue weighted by Gasteiger charge is -2.28. The van der Waals surface area contributed by atoms with Gasteiger partial charge in [-0.05, 0) is 53.2 Å². The molecule has 0 amide bonds. The molecule has 1 aromatic rings. The van der Waals surface area contributed by atoms with Crippen LogP contribution in [0, 0.1) is 12.8 Å². The Morgan fingerprint density at radius 1 is 1.59 bits per heavy atom. The molecule has 0 aliphatic carbocycles. The molecule has 0 spiro atoms. The maximum Gasteiger partial charge on any atom is 0.131 e. The Hall–Kier alpha value is -0.610. The molecule has 4 heteroatoms. The molecular weight excluding hydrogens is 280 g/mol. The fourth-order valence-electron chi connectivity index (χ4n) is 2.36. The van der Waals surface area contributed by atoms with Gasteiger partial charge < -0.3 is 9.64 Å². The molecule has 94 valence electrons. The van der Waals surface area contributed by atoms with E-state index in [-0.39, 0.29) is 0 Å². The summed E-state index contributed by atoms with van der Waals surface area (Å²) >= 11 is 3.44. The van der Waals surface area contributed by atoms with Crippen LogP contribution in [0.2, 0.25) is 0 Å². The first-order chi connectivity index (χ1) is 8.16. The lowest BCUT2D eigenvalue weighted by Crippen LogP contribution is -2.31. The van der Waals surface area contributed by atoms with Gasteiger partial charge in [0.1, 0.15) is 5.82 Å². The van der Waals surface area contributed by atoms with Crippen LogP contribution >= 0.6 is 15.9 Å². The summed E-state index contributed by atoms with van der Waals surface area (Å²) < 4.78 is 6.55. The summed E-state index contributed by atoms with van der Waals surface area (Å²) in [4.78, 5) is 6.72. The minimum Gasteiger partial charge on any atom is -0.381 e. The van der Waals surface area contributed by atoms with E-state index in [1.807, 2.05) is 6.20 Å². The molecule has 1 saturated heterocycles. The fourth-order valence-corrected chi connectivity index (χ4v) is 2.80. The maximum absolute atomic E-state index is 5.51. The fraction of sp³-hybridized carbons (Fsp3) is 0.615. The second-order valence-corrected chi connectivity index (χ2v) is 5.67. The third-order valence-electron chi connectivity index (χ3n) is 3.17. The van der Waals surface area contributed by atoms with Gasteiger partial charge in [-0.1, -0.05) is 0 Å². The number of hydrogen-bond acceptors (Lipinski definition) is 3. The topological polar surface area (TPSA) is 25.4 Å². The highest BCUT2D eigenvalue weighted by Crippen LogP contribution is 2.22. The van der Waals surface area contributed by atoms with Crippen molar-refractivity contribution in [2.45, 2.75) is 19.8 Å². The molecule has 1 aliphatic rings. The predicted molar refractivity (Wildman–Crippen MR) is 73.5 cm³/mol. The smallest absolute Gasteiger partial charge is 0.131 e. The highest BCUT2D eigenvalue weighted by molar-refractivity contribution is 9.10. The molecule has 0 bridgehead atoms. The predicted octanol–water partition coefficient (Wildman–Crippen LogP) is 3.02. The van der Waals surface area contributed by atoms with E-state index in [1.54, 1.807) is 0 Å². The van der Waals surface area contributed by atoms with E-state index >= 15 is 0 Å². The van der Waals surface area contributed by atoms with Crippen LogP contribution in [-0.4, -0.2) is 31.8 Å². The highest BCUT2D eigenvalue weighted by atomic mass is 79.9. The van der Waals surface area contributed by atoms with Crippen LogP contribution in [0.3, 0.4) is 0 Å². The molecule has 0 radical (unpaired) electrons. The van der Waals surface area contributed by atoms with Crippen molar-refractivity contribution in [3.05, 3.63) is 22.3 Å². The van der Waals surface area contributed by atoms with Gasteiger partial charge in [0.2, 0.25) is 0 Å². The second-order valence-electron chi connectivity index (χ2n) is 4.76. The van der Waals surface area contributed by atoms with Gasteiger partial charge in [-0.15, -0.1) is 0 Å². The Kier molecular flexibility index (Phi) is 4.40. The van der Waals surface area contributed by atoms with Crippen LogP contribution in [0.15, 0.2) is 16.7 Å². The van der Waals surface area contributed by atoms with Crippen LogP contribution in [0.4, 0.5) is 5.82 Å². The zero-order valence-corrected chi connectivity index (χ0v) is 12.0. The summed E-state index contributed by atoms with van der Waals surface area (Å²) in [5.41, 5.74) is 1.21. The molecule has 1 fully saturated rings. The van der Waals surface area contributed by atoms with E-state index in [2.05, 4.69) is 45.9 Å². The number of aryl methyl sites for hydroxylation is 1. The SMILES string of the molecule is Cc1cc(Br)cnc1N(C)CC1CCCOC1. The van der Waals surface area contributed by atoms with Gasteiger partial charge in [0.25, 0.3) is 0 Å². The van der Waals surface area contributed by atoms with Crippen LogP contribution in [0.25, 0.3) is 0 Å². The number of rotatable bonds is 3. The Morgan fingerprint density at radius 3 is 3.06 bits per heavy atom. The summed E-state index contributed by atoms with van der Waals surface area (Å²) in [7, 11) is 2.11. The third kappa shape index (κ3) is 3.42. The van der Waals surface area contributed by atoms with Gasteiger partial charge in [0.15, 0.2) is 0 Å². The van der Waals surface area contributed by atoms with E-state index < -0.39 is 0 Å². The average molecular weight is 299 g/mol. The van der Waals surface area contributed by atoms with E-state index in [9.17, 15) is 0 Å². The van der Waals surface area contributed by atoms with Gasteiger partial charge in [-0.25, -0.2) is 4.98 Å². The quantitative estimate of drug-likeness (QED) is 0.858. The molecule has 0 N–H and O–H groups in total. The lowest BCUT2D eigenvalue weighted by atomic mass is 10.0. The summed E-state index contributed by atoms with van der Waals surface area (Å²) in [6.45, 7) is 4.94. The standard InChI is InChI=1S/C13H19BrN2O/c1-10-6-12(14)7-15-13(10)16(2)8-11-4-3-5-17-9-11/h6-7,11H,3-5,8-9H2,1-2H3. The second kappa shape index (κ2) is 5.83. The van der Waals surface area contributed by atoms with Crippen molar-refractivity contribution in [1.29, 1.82) is 0 Å². The number of hydrogen-bond donors (Lipinski definition) is 0. The average Bonchev–Trinajstić information content (AvgIpc) is 2.30. The Morgan fingerprint density at radius 2 is 2.41 bits per heavy atom. The van der Waals surface area contributed by atoms with Gasteiger partial charge in [0.05, 0.1) is 6.61 Å². The van der Waals surface area contributed by atoms with Gasteiger partial charge in [-0.2, -0.15) is 0 Å². The Labute approximate surface area is 111 Å². The molecule has 2 rings (SSSR count). The number of pyridine rings is 1. The monoisotopic (exact) mass is 298 g/mol. The first-order valence-electron chi connectivity index (χ1n) is 6.08. The van der Waals surface area contributed by atoms with Gasteiger partial charge in [0, 0.05) is 30.9 Å².